The van der Waals surface area contributed by atoms with Crippen LogP contribution in [0.25, 0.3) is 0 Å². The predicted molar refractivity (Wildman–Crippen MR) is 127 cm³/mol. The van der Waals surface area contributed by atoms with Crippen molar-refractivity contribution in [3.63, 3.8) is 0 Å². The Morgan fingerprint density at radius 3 is 2.59 bits per heavy atom. The van der Waals surface area contributed by atoms with Gasteiger partial charge in [0.05, 0.1) is 36.7 Å². The van der Waals surface area contributed by atoms with Crippen LogP contribution in [0.5, 0.6) is 0 Å². The van der Waals surface area contributed by atoms with E-state index < -0.39 is 30.3 Å². The topological polar surface area (TPSA) is 103 Å². The predicted octanol–water partition coefficient (Wildman–Crippen LogP) is 1.43. The third-order valence-electron chi connectivity index (χ3n) is 9.15. The number of sulfonamides is 1. The molecule has 9 nitrogen and oxygen atoms in total. The Hall–Kier alpha value is -0.823. The first-order valence-electron chi connectivity index (χ1n) is 12.7. The molecule has 5 unspecified atom stereocenters. The van der Waals surface area contributed by atoms with Gasteiger partial charge >= 0.3 is 8.80 Å². The zero-order chi connectivity index (χ0) is 24.4. The number of hydrogen-bond donors (Lipinski definition) is 2. The summed E-state index contributed by atoms with van der Waals surface area (Å²) in [7, 11) is -5.98. The Balaban J connectivity index is 1.08. The van der Waals surface area contributed by atoms with Crippen molar-refractivity contribution in [1.82, 2.24) is 9.29 Å². The number of imidazole rings is 1. The van der Waals surface area contributed by atoms with Crippen molar-refractivity contribution < 1.29 is 31.4 Å². The maximum absolute atomic E-state index is 12.9. The molecule has 0 radical (unpaired) electrons. The van der Waals surface area contributed by atoms with E-state index in [1.807, 2.05) is 23.3 Å². The number of nitrogens with zero attached hydrogens (tertiary/aromatic N) is 2. The van der Waals surface area contributed by atoms with E-state index in [4.69, 9.17) is 13.3 Å². The SMILES string of the molecule is C[C@@H]1O[Si]2(CCC[n+]3ccn(CCNS(=O)(=O)CC45CCC(CC4O)C5(C)C)c3)OC1[C@@H](C)O2. The van der Waals surface area contributed by atoms with Crippen molar-refractivity contribution in [2.24, 2.45) is 16.7 Å². The summed E-state index contributed by atoms with van der Waals surface area (Å²) in [6, 6.07) is 0.807. The summed E-state index contributed by atoms with van der Waals surface area (Å²) in [6.45, 7) is 10.1. The zero-order valence-corrected chi connectivity index (χ0v) is 22.6. The molecule has 34 heavy (non-hydrogen) atoms. The van der Waals surface area contributed by atoms with Crippen LogP contribution in [-0.2, 0) is 36.4 Å². The maximum atomic E-state index is 12.9. The minimum absolute atomic E-state index is 0.00624. The number of aromatic nitrogens is 2. The average molecular weight is 515 g/mol. The molecular weight excluding hydrogens is 474 g/mol. The summed E-state index contributed by atoms with van der Waals surface area (Å²) in [4.78, 5) is 0. The fourth-order valence-electron chi connectivity index (χ4n) is 7.02. The number of aryl methyl sites for hydroxylation is 1. The van der Waals surface area contributed by atoms with Crippen LogP contribution < -0.4 is 9.29 Å². The van der Waals surface area contributed by atoms with E-state index in [9.17, 15) is 13.5 Å². The lowest BCUT2D eigenvalue weighted by Crippen LogP contribution is -2.47. The second-order valence-electron chi connectivity index (χ2n) is 11.4. The van der Waals surface area contributed by atoms with Gasteiger partial charge in [0.1, 0.15) is 18.9 Å². The van der Waals surface area contributed by atoms with Crippen LogP contribution in [0.15, 0.2) is 18.7 Å². The Bertz CT molecular complexity index is 1000. The summed E-state index contributed by atoms with van der Waals surface area (Å²) in [5.41, 5.74) is -0.682. The minimum atomic E-state index is -3.48. The fraction of sp³-hybridized carbons (Fsp3) is 0.870. The quantitative estimate of drug-likeness (QED) is 0.362. The van der Waals surface area contributed by atoms with Crippen molar-refractivity contribution >= 4 is 18.8 Å². The molecule has 5 rings (SSSR count). The first kappa shape index (κ1) is 24.9. The van der Waals surface area contributed by atoms with Gasteiger partial charge < -0.3 is 18.4 Å². The van der Waals surface area contributed by atoms with Gasteiger partial charge in [-0.25, -0.2) is 22.3 Å². The normalized spacial score (nSPS) is 40.4. The third-order valence-corrected chi connectivity index (χ3v) is 13.7. The molecular formula is C23H40N3O6SSi+. The Labute approximate surface area is 204 Å². The molecule has 0 aromatic carbocycles. The van der Waals surface area contributed by atoms with Gasteiger partial charge in [-0.1, -0.05) is 13.8 Å². The molecule has 4 bridgehead atoms. The third kappa shape index (κ3) is 4.20. The number of aliphatic hydroxyl groups is 1. The van der Waals surface area contributed by atoms with Crippen LogP contribution in [0.2, 0.25) is 6.04 Å². The van der Waals surface area contributed by atoms with E-state index in [1.54, 1.807) is 0 Å². The molecule has 0 spiro atoms. The van der Waals surface area contributed by atoms with Gasteiger partial charge in [0, 0.05) is 18.0 Å². The first-order chi connectivity index (χ1) is 16.0. The molecule has 2 aliphatic carbocycles. The standard InChI is InChI=1S/C23H40N3O6SSi/c1-17-21-18(2)31-34(30-17,32-21)13-5-9-25-11-12-26(16-25)10-8-24-33(28,29)15-23-7-6-19(14-20(23)27)22(23,3)4/h11-12,16-21,24,27H,5-10,13-15H2,1-4H3/q+1/t17-,18+,19?,20?,21?,23?,34?. The highest BCUT2D eigenvalue weighted by Gasteiger charge is 2.65. The van der Waals surface area contributed by atoms with Gasteiger partial charge in [-0.2, -0.15) is 0 Å². The lowest BCUT2D eigenvalue weighted by Gasteiger charge is -2.40. The summed E-state index contributed by atoms with van der Waals surface area (Å²) >= 11 is 0. The zero-order valence-electron chi connectivity index (χ0n) is 20.8. The van der Waals surface area contributed by atoms with Crippen LogP contribution >= 0.6 is 0 Å². The van der Waals surface area contributed by atoms with E-state index >= 15 is 0 Å². The van der Waals surface area contributed by atoms with Crippen LogP contribution in [-0.4, -0.2) is 63.6 Å². The molecule has 1 aromatic rings. The van der Waals surface area contributed by atoms with Gasteiger partial charge in [-0.3, -0.25) is 0 Å². The van der Waals surface area contributed by atoms with Crippen molar-refractivity contribution in [2.75, 3.05) is 12.3 Å². The Morgan fingerprint density at radius 1 is 1.24 bits per heavy atom. The monoisotopic (exact) mass is 514 g/mol. The first-order valence-corrected chi connectivity index (χ1v) is 16.3. The van der Waals surface area contributed by atoms with Crippen LogP contribution in [0, 0.1) is 16.7 Å². The molecule has 2 aliphatic heterocycles. The molecule has 2 N–H and O–H groups in total. The van der Waals surface area contributed by atoms with Crippen molar-refractivity contribution in [3.8, 4) is 0 Å². The van der Waals surface area contributed by atoms with Crippen LogP contribution in [0.3, 0.4) is 0 Å². The van der Waals surface area contributed by atoms with E-state index in [0.29, 0.717) is 19.0 Å². The number of aliphatic hydroxyl groups excluding tert-OH is 1. The Morgan fingerprint density at radius 2 is 1.97 bits per heavy atom. The summed E-state index contributed by atoms with van der Waals surface area (Å²) in [5.74, 6) is 0.419. The van der Waals surface area contributed by atoms with Crippen molar-refractivity contribution in [1.29, 1.82) is 0 Å². The van der Waals surface area contributed by atoms with E-state index in [0.717, 1.165) is 38.3 Å². The number of nitrogens with one attached hydrogen (secondary N) is 1. The van der Waals surface area contributed by atoms with Crippen LogP contribution in [0.4, 0.5) is 0 Å². The molecule has 2 saturated heterocycles. The molecule has 11 heteroatoms. The second-order valence-corrected chi connectivity index (χ2v) is 15.8. The highest BCUT2D eigenvalue weighted by molar-refractivity contribution is 7.89. The molecule has 2 saturated carbocycles. The molecule has 4 fully saturated rings. The van der Waals surface area contributed by atoms with Gasteiger partial charge in [0.2, 0.25) is 16.4 Å². The van der Waals surface area contributed by atoms with E-state index in [2.05, 4.69) is 37.0 Å². The van der Waals surface area contributed by atoms with Crippen molar-refractivity contribution in [2.45, 2.75) is 96.9 Å². The number of rotatable bonds is 10. The molecule has 4 aliphatic rings. The maximum Gasteiger partial charge on any atom is 0.502 e. The van der Waals surface area contributed by atoms with Gasteiger partial charge in [0.25, 0.3) is 0 Å². The van der Waals surface area contributed by atoms with Gasteiger partial charge in [-0.15, -0.1) is 0 Å². The number of fused-ring (bicyclic) bond motifs is 4. The fourth-order valence-corrected chi connectivity index (χ4v) is 12.2. The lowest BCUT2D eigenvalue weighted by atomic mass is 9.70. The highest BCUT2D eigenvalue weighted by Crippen LogP contribution is 2.66. The van der Waals surface area contributed by atoms with E-state index in [1.165, 1.54) is 0 Å². The molecule has 192 valence electrons. The summed E-state index contributed by atoms with van der Waals surface area (Å²) in [6.07, 6.45) is 9.15. The molecule has 1 aromatic heterocycles. The van der Waals surface area contributed by atoms with Gasteiger partial charge in [0.15, 0.2) is 0 Å². The smallest absolute Gasteiger partial charge is 0.392 e. The highest BCUT2D eigenvalue weighted by atomic mass is 32.2. The largest absolute Gasteiger partial charge is 0.502 e. The average Bonchev–Trinajstić information content (AvgIpc) is 3.49. The minimum Gasteiger partial charge on any atom is -0.392 e. The molecule has 7 atom stereocenters. The summed E-state index contributed by atoms with van der Waals surface area (Å²) in [5, 5.41) is 10.7. The lowest BCUT2D eigenvalue weighted by molar-refractivity contribution is -0.696. The molecule has 3 heterocycles. The molecule has 0 amide bonds. The van der Waals surface area contributed by atoms with Crippen LogP contribution in [0.1, 0.15) is 53.4 Å². The van der Waals surface area contributed by atoms with E-state index in [-0.39, 0.29) is 29.5 Å². The Kier molecular flexibility index (Phi) is 6.31. The van der Waals surface area contributed by atoms with Gasteiger partial charge in [-0.05, 0) is 50.9 Å². The second kappa shape index (κ2) is 8.64. The summed E-state index contributed by atoms with van der Waals surface area (Å²) < 4.78 is 50.8. The number of hydrogen-bond acceptors (Lipinski definition) is 6. The van der Waals surface area contributed by atoms with Crippen molar-refractivity contribution in [3.05, 3.63) is 18.7 Å².